The summed E-state index contributed by atoms with van der Waals surface area (Å²) < 4.78 is 14.8. The first-order valence-electron chi connectivity index (χ1n) is 15.9. The zero-order chi connectivity index (χ0) is 32.4. The Balaban J connectivity index is 1.33. The Hall–Kier alpha value is -5.68. The summed E-state index contributed by atoms with van der Waals surface area (Å²) >= 11 is 0. The molecule has 0 aliphatic carbocycles. The Morgan fingerprint density at radius 3 is 1.96 bits per heavy atom. The van der Waals surface area contributed by atoms with E-state index in [4.69, 9.17) is 19.1 Å². The summed E-state index contributed by atoms with van der Waals surface area (Å²) in [5, 5.41) is 1.92. The van der Waals surface area contributed by atoms with Crippen molar-refractivity contribution in [2.45, 2.75) is 34.6 Å². The summed E-state index contributed by atoms with van der Waals surface area (Å²) in [5.41, 5.74) is 15.6. The molecule has 0 unspecified atom stereocenters. The molecular weight excluding hydrogens is 578 g/mol. The number of aryl methyl sites for hydroxylation is 4. The molecule has 0 spiro atoms. The lowest BCUT2D eigenvalue weighted by atomic mass is 9.96. The summed E-state index contributed by atoms with van der Waals surface area (Å²) in [5.74, 6) is 1.59. The lowest BCUT2D eigenvalue weighted by Gasteiger charge is -2.19. The molecule has 0 atom stereocenters. The van der Waals surface area contributed by atoms with E-state index in [2.05, 4.69) is 123 Å². The number of fused-ring (bicyclic) bond motifs is 4. The van der Waals surface area contributed by atoms with Gasteiger partial charge in [0.2, 0.25) is 5.71 Å². The average Bonchev–Trinajstić information content (AvgIpc) is 3.62. The fourth-order valence-corrected chi connectivity index (χ4v) is 6.93. The highest BCUT2D eigenvalue weighted by Gasteiger charge is 2.26. The van der Waals surface area contributed by atoms with Crippen molar-refractivity contribution < 1.29 is 9.15 Å². The predicted molar refractivity (Wildman–Crippen MR) is 193 cm³/mol. The van der Waals surface area contributed by atoms with Crippen molar-refractivity contribution in [2.75, 3.05) is 7.11 Å². The van der Waals surface area contributed by atoms with E-state index in [1.165, 1.54) is 27.8 Å². The minimum absolute atomic E-state index is 0.613. The zero-order valence-electron chi connectivity index (χ0n) is 27.5. The molecule has 0 saturated heterocycles. The molecule has 230 valence electrons. The molecule has 0 saturated carbocycles. The molecule has 8 rings (SSSR count). The highest BCUT2D eigenvalue weighted by Crippen LogP contribution is 2.44. The maximum absolute atomic E-state index is 6.55. The maximum Gasteiger partial charge on any atom is 0.227 e. The fourth-order valence-electron chi connectivity index (χ4n) is 6.93. The highest BCUT2D eigenvalue weighted by molar-refractivity contribution is 6.10. The number of benzene rings is 5. The molecule has 0 aliphatic rings. The van der Waals surface area contributed by atoms with Crippen molar-refractivity contribution in [3.05, 3.63) is 131 Å². The predicted octanol–water partition coefficient (Wildman–Crippen LogP) is 10.9. The van der Waals surface area contributed by atoms with Crippen LogP contribution in [-0.4, -0.2) is 21.6 Å². The molecule has 5 nitrogen and oxygen atoms in total. The third-order valence-electron chi connectivity index (χ3n) is 9.30. The molecule has 47 heavy (non-hydrogen) atoms. The maximum atomic E-state index is 6.55. The zero-order valence-corrected chi connectivity index (χ0v) is 27.5. The molecule has 5 aromatic carbocycles. The largest absolute Gasteiger partial charge is 0.496 e. The Morgan fingerprint density at radius 1 is 0.638 bits per heavy atom. The minimum Gasteiger partial charge on any atom is -0.496 e. The SMILES string of the molecule is COc1cc2c(oc3nc(C)ccc32)c(-c2nc3ccccc3n2-c2c(C)cc(-c3ccc(-c4ccc(C)cc4)cc3)cc2C)c1C. The van der Waals surface area contributed by atoms with E-state index in [9.17, 15) is 0 Å². The van der Waals surface area contributed by atoms with Crippen LogP contribution in [0.5, 0.6) is 5.75 Å². The van der Waals surface area contributed by atoms with Crippen LogP contribution in [-0.2, 0) is 0 Å². The van der Waals surface area contributed by atoms with E-state index >= 15 is 0 Å². The molecule has 5 heteroatoms. The second-order valence-electron chi connectivity index (χ2n) is 12.5. The molecule has 3 heterocycles. The number of aromatic nitrogens is 3. The van der Waals surface area contributed by atoms with Crippen LogP contribution in [0.3, 0.4) is 0 Å². The van der Waals surface area contributed by atoms with Crippen LogP contribution in [0.4, 0.5) is 0 Å². The number of hydrogen-bond donors (Lipinski definition) is 0. The van der Waals surface area contributed by atoms with Gasteiger partial charge in [0, 0.05) is 22.0 Å². The first kappa shape index (κ1) is 28.8. The topological polar surface area (TPSA) is 53.1 Å². The van der Waals surface area contributed by atoms with Crippen LogP contribution in [0.1, 0.15) is 27.9 Å². The number of imidazole rings is 1. The van der Waals surface area contributed by atoms with E-state index in [-0.39, 0.29) is 0 Å². The quantitative estimate of drug-likeness (QED) is 0.194. The number of furan rings is 1. The average molecular weight is 614 g/mol. The van der Waals surface area contributed by atoms with Crippen molar-refractivity contribution in [3.8, 4) is 45.1 Å². The van der Waals surface area contributed by atoms with Gasteiger partial charge in [0.1, 0.15) is 17.2 Å². The minimum atomic E-state index is 0.613. The van der Waals surface area contributed by atoms with Crippen molar-refractivity contribution in [2.24, 2.45) is 0 Å². The monoisotopic (exact) mass is 613 g/mol. The molecule has 0 aliphatic heterocycles. The lowest BCUT2D eigenvalue weighted by Crippen LogP contribution is -2.05. The number of pyridine rings is 1. The van der Waals surface area contributed by atoms with Crippen LogP contribution < -0.4 is 4.74 Å². The molecule has 0 N–H and O–H groups in total. The molecule has 0 radical (unpaired) electrons. The van der Waals surface area contributed by atoms with Gasteiger partial charge in [-0.2, -0.15) is 0 Å². The van der Waals surface area contributed by atoms with Gasteiger partial charge in [0.25, 0.3) is 0 Å². The van der Waals surface area contributed by atoms with E-state index in [0.29, 0.717) is 5.71 Å². The smallest absolute Gasteiger partial charge is 0.227 e. The third kappa shape index (κ3) is 4.69. The van der Waals surface area contributed by atoms with Gasteiger partial charge in [-0.25, -0.2) is 9.97 Å². The third-order valence-corrected chi connectivity index (χ3v) is 9.30. The Kier molecular flexibility index (Phi) is 6.73. The van der Waals surface area contributed by atoms with Gasteiger partial charge >= 0.3 is 0 Å². The van der Waals surface area contributed by atoms with E-state index < -0.39 is 0 Å². The van der Waals surface area contributed by atoms with Crippen LogP contribution >= 0.6 is 0 Å². The summed E-state index contributed by atoms with van der Waals surface area (Å²) in [6, 6.07) is 36.6. The van der Waals surface area contributed by atoms with Crippen LogP contribution in [0.25, 0.3) is 72.4 Å². The van der Waals surface area contributed by atoms with Crippen molar-refractivity contribution in [1.29, 1.82) is 0 Å². The summed E-state index contributed by atoms with van der Waals surface area (Å²) in [6.45, 7) is 10.5. The van der Waals surface area contributed by atoms with Gasteiger partial charge in [-0.3, -0.25) is 4.57 Å². The van der Waals surface area contributed by atoms with E-state index in [1.54, 1.807) is 7.11 Å². The van der Waals surface area contributed by atoms with Gasteiger partial charge in [-0.15, -0.1) is 0 Å². The van der Waals surface area contributed by atoms with Gasteiger partial charge in [0.05, 0.1) is 29.4 Å². The van der Waals surface area contributed by atoms with Crippen molar-refractivity contribution in [1.82, 2.24) is 14.5 Å². The highest BCUT2D eigenvalue weighted by atomic mass is 16.5. The second kappa shape index (κ2) is 11.0. The van der Waals surface area contributed by atoms with E-state index in [1.807, 2.05) is 19.1 Å². The summed E-state index contributed by atoms with van der Waals surface area (Å²) in [6.07, 6.45) is 0. The molecular formula is C42H35N3O2. The van der Waals surface area contributed by atoms with Gasteiger partial charge in [-0.05, 0) is 110 Å². The normalized spacial score (nSPS) is 11.6. The number of ether oxygens (including phenoxy) is 1. The molecule has 0 amide bonds. The van der Waals surface area contributed by atoms with Gasteiger partial charge < -0.3 is 9.15 Å². The first-order chi connectivity index (χ1) is 22.8. The Labute approximate surface area is 274 Å². The molecule has 0 bridgehead atoms. The van der Waals surface area contributed by atoms with Crippen molar-refractivity contribution >= 4 is 33.1 Å². The van der Waals surface area contributed by atoms with Crippen LogP contribution in [0, 0.1) is 34.6 Å². The lowest BCUT2D eigenvalue weighted by molar-refractivity contribution is 0.412. The summed E-state index contributed by atoms with van der Waals surface area (Å²) in [4.78, 5) is 9.98. The number of para-hydroxylation sites is 2. The van der Waals surface area contributed by atoms with Crippen LogP contribution in [0.15, 0.2) is 108 Å². The second-order valence-corrected chi connectivity index (χ2v) is 12.5. The standard InChI is InChI=1S/C42H35N3O2/c1-24-11-14-29(15-12-24)30-16-18-31(19-17-30)32-21-25(2)39(26(3)22-32)45-36-10-8-7-9-35(36)44-41(45)38-28(5)37(46-6)23-34-33-20-13-27(4)43-42(33)47-40(34)38/h7-23H,1-6H3. The Morgan fingerprint density at radius 2 is 1.28 bits per heavy atom. The van der Waals surface area contributed by atoms with Crippen molar-refractivity contribution in [3.63, 3.8) is 0 Å². The Bertz CT molecular complexity index is 2460. The van der Waals surface area contributed by atoms with Crippen LogP contribution in [0.2, 0.25) is 0 Å². The number of hydrogen-bond acceptors (Lipinski definition) is 4. The first-order valence-corrected chi connectivity index (χ1v) is 15.9. The van der Waals surface area contributed by atoms with Gasteiger partial charge in [-0.1, -0.05) is 66.2 Å². The summed E-state index contributed by atoms with van der Waals surface area (Å²) in [7, 11) is 1.71. The molecule has 0 fully saturated rings. The fraction of sp³-hybridized carbons (Fsp3) is 0.143. The number of nitrogens with zero attached hydrogens (tertiary/aromatic N) is 3. The van der Waals surface area contributed by atoms with Gasteiger partial charge in [0.15, 0.2) is 0 Å². The molecule has 8 aromatic rings. The number of methoxy groups -OCH3 is 1. The number of rotatable bonds is 5. The van der Waals surface area contributed by atoms with E-state index in [0.717, 1.165) is 72.6 Å². The molecule has 3 aromatic heterocycles.